The summed E-state index contributed by atoms with van der Waals surface area (Å²) in [5, 5.41) is 9.74. The van der Waals surface area contributed by atoms with E-state index in [0.29, 0.717) is 17.4 Å². The lowest BCUT2D eigenvalue weighted by Crippen LogP contribution is -2.40. The van der Waals surface area contributed by atoms with Crippen molar-refractivity contribution in [3.05, 3.63) is 146 Å². The zero-order chi connectivity index (χ0) is 63.3. The van der Waals surface area contributed by atoms with Gasteiger partial charge >= 0.3 is 17.9 Å². The maximum atomic E-state index is 12.9. The van der Waals surface area contributed by atoms with E-state index in [1.165, 1.54) is 109 Å². The molecule has 0 aliphatic heterocycles. The van der Waals surface area contributed by atoms with E-state index in [-0.39, 0.29) is 38.6 Å². The van der Waals surface area contributed by atoms with E-state index in [1.807, 2.05) is 21.1 Å². The first-order valence-electron chi connectivity index (χ1n) is 35.0. The summed E-state index contributed by atoms with van der Waals surface area (Å²) < 4.78 is 23.0. The second-order valence-corrected chi connectivity index (χ2v) is 24.1. The number of carboxylic acids is 1. The van der Waals surface area contributed by atoms with Crippen molar-refractivity contribution in [2.45, 2.75) is 283 Å². The Morgan fingerprint density at radius 2 is 0.655 bits per heavy atom. The quantitative estimate of drug-likeness (QED) is 0.0211. The van der Waals surface area contributed by atoms with Gasteiger partial charge in [0.05, 0.1) is 34.4 Å². The molecule has 494 valence electrons. The van der Waals surface area contributed by atoms with Crippen molar-refractivity contribution < 1.29 is 42.9 Å². The normalized spacial score (nSPS) is 13.6. The van der Waals surface area contributed by atoms with Gasteiger partial charge in [-0.3, -0.25) is 9.59 Å². The molecule has 0 saturated carbocycles. The van der Waals surface area contributed by atoms with Crippen molar-refractivity contribution >= 4 is 17.9 Å². The molecule has 2 unspecified atom stereocenters. The van der Waals surface area contributed by atoms with E-state index < -0.39 is 24.3 Å². The molecule has 0 rings (SSSR count). The summed E-state index contributed by atoms with van der Waals surface area (Å²) in [6.45, 7) is 4.74. The standard InChI is InChI=1S/C78H129NO8/c1-6-8-10-12-14-16-18-20-22-24-26-28-30-31-32-33-34-35-36-37-38-39-40-41-42-43-44-45-47-49-51-53-55-57-59-61-63-65-67-69-76(81)87-74(73-86-78(77(82)83)84-71-70-79(3,4)5)72-85-75(80)68-66-64-62-60-58-56-54-52-50-48-46-29-27-25-23-21-19-17-15-13-11-9-7-2/h8,10,14,16,19-22,25-28,31-32,34-35,37-38,40-41,43-44,46,48,74,78H,6-7,9,11-13,15,17-18,23-24,29-30,33,36,39,42,45,47,49-73H2,1-5H3/p+1/b10-8-,16-14-,21-19-,22-20-,27-25-,28-26-,32-31-,35-34-,38-37-,41-40-,44-43-,48-46-. The summed E-state index contributed by atoms with van der Waals surface area (Å²) in [7, 11) is 5.97. The van der Waals surface area contributed by atoms with Crippen LogP contribution in [0, 0.1) is 0 Å². The first kappa shape index (κ1) is 82.2. The minimum absolute atomic E-state index is 0.179. The molecule has 2 atom stereocenters. The van der Waals surface area contributed by atoms with E-state index >= 15 is 0 Å². The van der Waals surface area contributed by atoms with Crippen molar-refractivity contribution in [3.63, 3.8) is 0 Å². The molecule has 0 radical (unpaired) electrons. The second-order valence-electron chi connectivity index (χ2n) is 24.1. The Morgan fingerprint density at radius 1 is 0.356 bits per heavy atom. The molecule has 0 aliphatic rings. The van der Waals surface area contributed by atoms with Gasteiger partial charge in [0.2, 0.25) is 0 Å². The summed E-state index contributed by atoms with van der Waals surface area (Å²) in [6, 6.07) is 0. The average Bonchev–Trinajstić information content (AvgIpc) is 3.55. The van der Waals surface area contributed by atoms with Gasteiger partial charge in [0.1, 0.15) is 13.2 Å². The number of allylic oxidation sites excluding steroid dienone is 24. The number of nitrogens with zero attached hydrogens (tertiary/aromatic N) is 1. The van der Waals surface area contributed by atoms with Crippen molar-refractivity contribution in [3.8, 4) is 0 Å². The first-order chi connectivity index (χ1) is 42.6. The molecule has 0 bridgehead atoms. The molecule has 9 nitrogen and oxygen atoms in total. The Hall–Kier alpha value is -4.83. The Balaban J connectivity index is 4.17. The number of ether oxygens (including phenoxy) is 4. The van der Waals surface area contributed by atoms with Crippen molar-refractivity contribution in [2.75, 3.05) is 47.5 Å². The van der Waals surface area contributed by atoms with Gasteiger partial charge in [0, 0.05) is 12.8 Å². The molecule has 0 heterocycles. The predicted molar refractivity (Wildman–Crippen MR) is 373 cm³/mol. The smallest absolute Gasteiger partial charge is 0.361 e. The van der Waals surface area contributed by atoms with Crippen LogP contribution in [0.4, 0.5) is 0 Å². The highest BCUT2D eigenvalue weighted by Crippen LogP contribution is 2.16. The van der Waals surface area contributed by atoms with Gasteiger partial charge < -0.3 is 28.5 Å². The van der Waals surface area contributed by atoms with Crippen LogP contribution in [0.5, 0.6) is 0 Å². The lowest BCUT2D eigenvalue weighted by molar-refractivity contribution is -0.870. The minimum atomic E-state index is -1.52. The third-order valence-electron chi connectivity index (χ3n) is 14.6. The molecule has 0 spiro atoms. The number of carboxylic acid groups (broad SMARTS) is 1. The third-order valence-corrected chi connectivity index (χ3v) is 14.6. The van der Waals surface area contributed by atoms with Gasteiger partial charge in [-0.2, -0.15) is 0 Å². The third kappa shape index (κ3) is 68.5. The fourth-order valence-corrected chi connectivity index (χ4v) is 9.25. The molecule has 9 heteroatoms. The number of aliphatic carboxylic acids is 1. The van der Waals surface area contributed by atoms with E-state index in [9.17, 15) is 19.5 Å². The molecule has 0 amide bonds. The number of carbonyl (C=O) groups is 3. The van der Waals surface area contributed by atoms with Gasteiger partial charge in [-0.05, 0) is 122 Å². The number of esters is 2. The highest BCUT2D eigenvalue weighted by molar-refractivity contribution is 5.71. The molecule has 0 aliphatic carbocycles. The van der Waals surface area contributed by atoms with Gasteiger partial charge in [-0.25, -0.2) is 4.79 Å². The molecule has 0 aromatic rings. The van der Waals surface area contributed by atoms with Crippen LogP contribution in [-0.4, -0.2) is 87.4 Å². The van der Waals surface area contributed by atoms with Crippen LogP contribution < -0.4 is 0 Å². The van der Waals surface area contributed by atoms with Crippen LogP contribution in [0.25, 0.3) is 0 Å². The Labute approximate surface area is 534 Å². The van der Waals surface area contributed by atoms with Crippen molar-refractivity contribution in [1.82, 2.24) is 0 Å². The zero-order valence-corrected chi connectivity index (χ0v) is 56.4. The fourth-order valence-electron chi connectivity index (χ4n) is 9.25. The second kappa shape index (κ2) is 67.1. The fraction of sp³-hybridized carbons (Fsp3) is 0.654. The maximum absolute atomic E-state index is 12.9. The van der Waals surface area contributed by atoms with Crippen LogP contribution in [0.15, 0.2) is 146 Å². The van der Waals surface area contributed by atoms with Crippen LogP contribution in [-0.2, 0) is 33.3 Å². The Morgan fingerprint density at radius 3 is 0.977 bits per heavy atom. The highest BCUT2D eigenvalue weighted by atomic mass is 16.7. The Kier molecular flexibility index (Phi) is 63.4. The van der Waals surface area contributed by atoms with Gasteiger partial charge in [0.25, 0.3) is 6.29 Å². The van der Waals surface area contributed by atoms with Gasteiger partial charge in [-0.1, -0.05) is 282 Å². The summed E-state index contributed by atoms with van der Waals surface area (Å²) in [5.74, 6) is -2.03. The molecule has 0 fully saturated rings. The molecule has 1 N–H and O–H groups in total. The number of unbranched alkanes of at least 4 members (excludes halogenated alkanes) is 24. The van der Waals surface area contributed by atoms with E-state index in [2.05, 4.69) is 160 Å². The number of rotatable bonds is 63. The SMILES string of the molecule is CC/C=C\C/C=C\C/C=C\C/C=C\C/C=C\C/C=C\C/C=C\C/C=C\C/C=C\CCCCCCCCCCCCCC(=O)OC(COC(=O)CCCCCCCCCC/C=C\C/C=C\C/C=C\CCCCCCC)COC(OCC[N+](C)(C)C)C(=O)O. The number of hydrogen-bond donors (Lipinski definition) is 1. The minimum Gasteiger partial charge on any atom is -0.477 e. The average molecular weight is 1210 g/mol. The maximum Gasteiger partial charge on any atom is 0.361 e. The topological polar surface area (TPSA) is 108 Å². The lowest BCUT2D eigenvalue weighted by Gasteiger charge is -2.25. The molecular weight excluding hydrogens is 1080 g/mol. The van der Waals surface area contributed by atoms with Crippen LogP contribution in [0.2, 0.25) is 0 Å². The van der Waals surface area contributed by atoms with Crippen LogP contribution >= 0.6 is 0 Å². The lowest BCUT2D eigenvalue weighted by atomic mass is 10.0. The summed E-state index contributed by atoms with van der Waals surface area (Å²) >= 11 is 0. The zero-order valence-electron chi connectivity index (χ0n) is 56.4. The number of carbonyl (C=O) groups excluding carboxylic acids is 2. The molecule has 0 aromatic carbocycles. The molecule has 0 aromatic heterocycles. The largest absolute Gasteiger partial charge is 0.477 e. The summed E-state index contributed by atoms with van der Waals surface area (Å²) in [6.07, 6.45) is 95.2. The molecule has 87 heavy (non-hydrogen) atoms. The van der Waals surface area contributed by atoms with E-state index in [4.69, 9.17) is 18.9 Å². The summed E-state index contributed by atoms with van der Waals surface area (Å²) in [4.78, 5) is 37.6. The van der Waals surface area contributed by atoms with Crippen molar-refractivity contribution in [2.24, 2.45) is 0 Å². The van der Waals surface area contributed by atoms with Gasteiger partial charge in [0.15, 0.2) is 6.10 Å². The van der Waals surface area contributed by atoms with Crippen molar-refractivity contribution in [1.29, 1.82) is 0 Å². The van der Waals surface area contributed by atoms with Crippen LogP contribution in [0.3, 0.4) is 0 Å². The highest BCUT2D eigenvalue weighted by Gasteiger charge is 2.25. The molecule has 0 saturated heterocycles. The Bertz CT molecular complexity index is 1940. The summed E-state index contributed by atoms with van der Waals surface area (Å²) in [5.41, 5.74) is 0. The number of likely N-dealkylation sites (N-methyl/N-ethyl adjacent to an activating group) is 1. The predicted octanol–water partition coefficient (Wildman–Crippen LogP) is 21.9. The number of hydrogen-bond acceptors (Lipinski definition) is 7. The van der Waals surface area contributed by atoms with Gasteiger partial charge in [-0.15, -0.1) is 0 Å². The monoisotopic (exact) mass is 1210 g/mol. The van der Waals surface area contributed by atoms with E-state index in [1.54, 1.807) is 0 Å². The molecular formula is C78H130NO8+. The number of quaternary nitrogens is 1. The van der Waals surface area contributed by atoms with Crippen LogP contribution in [0.1, 0.15) is 271 Å². The van der Waals surface area contributed by atoms with E-state index in [0.717, 1.165) is 128 Å². The first-order valence-corrected chi connectivity index (χ1v) is 35.0.